The van der Waals surface area contributed by atoms with Crippen molar-refractivity contribution in [2.75, 3.05) is 19.6 Å². The molecule has 1 saturated heterocycles. The van der Waals surface area contributed by atoms with Crippen molar-refractivity contribution in [2.24, 2.45) is 0 Å². The van der Waals surface area contributed by atoms with Crippen LogP contribution in [0.1, 0.15) is 48.0 Å². The van der Waals surface area contributed by atoms with Crippen LogP contribution < -0.4 is 0 Å². The summed E-state index contributed by atoms with van der Waals surface area (Å²) in [5.74, 6) is -0.101. The predicted octanol–water partition coefficient (Wildman–Crippen LogP) is 3.23. The molecule has 0 spiro atoms. The molecule has 0 aromatic heterocycles. The summed E-state index contributed by atoms with van der Waals surface area (Å²) in [6.45, 7) is 5.32. The molecule has 1 aromatic carbocycles. The number of halogens is 1. The van der Waals surface area contributed by atoms with Gasteiger partial charge >= 0.3 is 0 Å². The van der Waals surface area contributed by atoms with Gasteiger partial charge in [-0.2, -0.15) is 0 Å². The lowest BCUT2D eigenvalue weighted by atomic mass is 9.87. The van der Waals surface area contributed by atoms with Crippen LogP contribution in [0.2, 0.25) is 0 Å². The van der Waals surface area contributed by atoms with Gasteiger partial charge in [-0.15, -0.1) is 0 Å². The van der Waals surface area contributed by atoms with Gasteiger partial charge in [-0.3, -0.25) is 4.79 Å². The molecule has 18 heavy (non-hydrogen) atoms. The third kappa shape index (κ3) is 2.78. The Hall–Kier alpha value is -1.22. The fourth-order valence-corrected chi connectivity index (χ4v) is 2.86. The highest BCUT2D eigenvalue weighted by Crippen LogP contribution is 2.29. The Balaban J connectivity index is 2.20. The van der Waals surface area contributed by atoms with E-state index in [0.717, 1.165) is 44.5 Å². The summed E-state index contributed by atoms with van der Waals surface area (Å²) in [6, 6.07) is 4.96. The van der Waals surface area contributed by atoms with Gasteiger partial charge in [0.25, 0.3) is 0 Å². The smallest absolute Gasteiger partial charge is 0.153 e. The molecule has 98 valence electrons. The van der Waals surface area contributed by atoms with Crippen molar-refractivity contribution >= 4 is 6.29 Å². The summed E-state index contributed by atoms with van der Waals surface area (Å²) in [7, 11) is 0. The predicted molar refractivity (Wildman–Crippen MR) is 70.5 cm³/mol. The number of benzene rings is 1. The minimum Gasteiger partial charge on any atom is -0.303 e. The number of piperidine rings is 1. The standard InChI is InChI=1S/C15H20FNO/c1-2-8-17-9-4-5-12(10-17)13-6-3-7-15(16)14(13)11-18/h3,6-7,11-12H,2,4-5,8-10H2,1H3. The third-order valence-electron chi connectivity index (χ3n) is 3.69. The monoisotopic (exact) mass is 249 g/mol. The lowest BCUT2D eigenvalue weighted by Crippen LogP contribution is -2.35. The van der Waals surface area contributed by atoms with Gasteiger partial charge in [0.15, 0.2) is 6.29 Å². The lowest BCUT2D eigenvalue weighted by Gasteiger charge is -2.33. The van der Waals surface area contributed by atoms with E-state index in [0.29, 0.717) is 12.2 Å². The molecule has 1 aromatic rings. The molecule has 1 aliphatic rings. The molecule has 3 heteroatoms. The summed E-state index contributed by atoms with van der Waals surface area (Å²) in [5.41, 5.74) is 1.13. The van der Waals surface area contributed by atoms with Crippen LogP contribution in [0.4, 0.5) is 4.39 Å². The van der Waals surface area contributed by atoms with E-state index in [9.17, 15) is 9.18 Å². The first-order valence-electron chi connectivity index (χ1n) is 6.72. The first kappa shape index (κ1) is 13.2. The van der Waals surface area contributed by atoms with Crippen molar-refractivity contribution in [3.8, 4) is 0 Å². The average molecular weight is 249 g/mol. The maximum Gasteiger partial charge on any atom is 0.153 e. The van der Waals surface area contributed by atoms with Gasteiger partial charge in [0.05, 0.1) is 5.56 Å². The number of hydrogen-bond donors (Lipinski definition) is 0. The quantitative estimate of drug-likeness (QED) is 0.764. The van der Waals surface area contributed by atoms with Gasteiger partial charge in [0.1, 0.15) is 5.82 Å². The molecular weight excluding hydrogens is 229 g/mol. The number of rotatable bonds is 4. The fourth-order valence-electron chi connectivity index (χ4n) is 2.86. The van der Waals surface area contributed by atoms with Crippen molar-refractivity contribution < 1.29 is 9.18 Å². The number of hydrogen-bond acceptors (Lipinski definition) is 2. The van der Waals surface area contributed by atoms with E-state index in [1.807, 2.05) is 6.07 Å². The van der Waals surface area contributed by atoms with Crippen LogP contribution in [0.15, 0.2) is 18.2 Å². The van der Waals surface area contributed by atoms with Gasteiger partial charge in [0.2, 0.25) is 0 Å². The summed E-state index contributed by atoms with van der Waals surface area (Å²) in [6.07, 6.45) is 3.96. The zero-order valence-electron chi connectivity index (χ0n) is 10.9. The van der Waals surface area contributed by atoms with Gasteiger partial charge < -0.3 is 4.90 Å². The molecule has 1 unspecified atom stereocenters. The molecule has 1 fully saturated rings. The van der Waals surface area contributed by atoms with Crippen LogP contribution in [0.3, 0.4) is 0 Å². The van der Waals surface area contributed by atoms with Crippen LogP contribution in [0.25, 0.3) is 0 Å². The topological polar surface area (TPSA) is 20.3 Å². The minimum atomic E-state index is -0.393. The second kappa shape index (κ2) is 6.10. The molecular formula is C15H20FNO. The van der Waals surface area contributed by atoms with Crippen molar-refractivity contribution in [1.82, 2.24) is 4.90 Å². The Labute approximate surface area is 108 Å². The van der Waals surface area contributed by atoms with E-state index in [-0.39, 0.29) is 5.56 Å². The molecule has 1 aliphatic heterocycles. The summed E-state index contributed by atoms with van der Waals surface area (Å²) >= 11 is 0. The van der Waals surface area contributed by atoms with Crippen molar-refractivity contribution in [3.05, 3.63) is 35.1 Å². The molecule has 0 bridgehead atoms. The molecule has 0 aliphatic carbocycles. The Bertz CT molecular complexity index is 417. The third-order valence-corrected chi connectivity index (χ3v) is 3.69. The zero-order chi connectivity index (χ0) is 13.0. The summed E-state index contributed by atoms with van der Waals surface area (Å²) in [5, 5.41) is 0. The number of aldehydes is 1. The molecule has 0 radical (unpaired) electrons. The Morgan fingerprint density at radius 3 is 3.06 bits per heavy atom. The van der Waals surface area contributed by atoms with E-state index in [1.54, 1.807) is 6.07 Å². The Morgan fingerprint density at radius 2 is 2.33 bits per heavy atom. The van der Waals surface area contributed by atoms with E-state index >= 15 is 0 Å². The van der Waals surface area contributed by atoms with Crippen molar-refractivity contribution in [1.29, 1.82) is 0 Å². The zero-order valence-corrected chi connectivity index (χ0v) is 10.9. The van der Waals surface area contributed by atoms with Crippen molar-refractivity contribution in [3.63, 3.8) is 0 Å². The summed E-state index contributed by atoms with van der Waals surface area (Å²) in [4.78, 5) is 13.5. The first-order chi connectivity index (χ1) is 8.76. The van der Waals surface area contributed by atoms with Gasteiger partial charge in [-0.1, -0.05) is 19.1 Å². The van der Waals surface area contributed by atoms with E-state index in [4.69, 9.17) is 0 Å². The number of carbonyl (C=O) groups is 1. The molecule has 2 nitrogen and oxygen atoms in total. The first-order valence-corrected chi connectivity index (χ1v) is 6.72. The molecule has 0 N–H and O–H groups in total. The molecule has 1 heterocycles. The van der Waals surface area contributed by atoms with Gasteiger partial charge in [-0.05, 0) is 49.9 Å². The highest BCUT2D eigenvalue weighted by atomic mass is 19.1. The molecule has 0 saturated carbocycles. The number of nitrogens with zero attached hydrogens (tertiary/aromatic N) is 1. The van der Waals surface area contributed by atoms with E-state index < -0.39 is 5.82 Å². The van der Waals surface area contributed by atoms with E-state index in [2.05, 4.69) is 11.8 Å². The van der Waals surface area contributed by atoms with Crippen molar-refractivity contribution in [2.45, 2.75) is 32.1 Å². The SMILES string of the molecule is CCCN1CCCC(c2cccc(F)c2C=O)C1. The highest BCUT2D eigenvalue weighted by Gasteiger charge is 2.23. The maximum absolute atomic E-state index is 13.6. The van der Waals surface area contributed by atoms with Gasteiger partial charge in [0, 0.05) is 6.54 Å². The van der Waals surface area contributed by atoms with Crippen LogP contribution in [-0.4, -0.2) is 30.8 Å². The van der Waals surface area contributed by atoms with Gasteiger partial charge in [-0.25, -0.2) is 4.39 Å². The summed E-state index contributed by atoms with van der Waals surface area (Å²) < 4.78 is 13.6. The second-order valence-corrected chi connectivity index (χ2v) is 5.00. The van der Waals surface area contributed by atoms with Crippen LogP contribution >= 0.6 is 0 Å². The second-order valence-electron chi connectivity index (χ2n) is 5.00. The van der Waals surface area contributed by atoms with Crippen LogP contribution in [0, 0.1) is 5.82 Å². The Morgan fingerprint density at radius 1 is 1.50 bits per heavy atom. The number of likely N-dealkylation sites (tertiary alicyclic amines) is 1. The molecule has 1 atom stereocenters. The molecule has 2 rings (SSSR count). The largest absolute Gasteiger partial charge is 0.303 e. The normalized spacial score (nSPS) is 20.9. The van der Waals surface area contributed by atoms with Crippen LogP contribution in [0.5, 0.6) is 0 Å². The lowest BCUT2D eigenvalue weighted by molar-refractivity contribution is 0.111. The van der Waals surface area contributed by atoms with E-state index in [1.165, 1.54) is 6.07 Å². The van der Waals surface area contributed by atoms with Crippen LogP contribution in [-0.2, 0) is 0 Å². The average Bonchev–Trinajstić information content (AvgIpc) is 2.39. The Kier molecular flexibility index (Phi) is 4.48. The molecule has 0 amide bonds. The highest BCUT2D eigenvalue weighted by molar-refractivity contribution is 5.78. The maximum atomic E-state index is 13.6. The number of carbonyl (C=O) groups excluding carboxylic acids is 1. The fraction of sp³-hybridized carbons (Fsp3) is 0.533. The minimum absolute atomic E-state index is 0.251.